The lowest BCUT2D eigenvalue weighted by Crippen LogP contribution is -2.25. The summed E-state index contributed by atoms with van der Waals surface area (Å²) in [4.78, 5) is 15.5. The lowest BCUT2D eigenvalue weighted by molar-refractivity contribution is 0.253. The van der Waals surface area contributed by atoms with E-state index in [-0.39, 0.29) is 6.03 Å². The monoisotopic (exact) mass is 339 g/mol. The second-order valence-electron chi connectivity index (χ2n) is 3.79. The highest BCUT2D eigenvalue weighted by Gasteiger charge is 2.12. The van der Waals surface area contributed by atoms with Gasteiger partial charge in [-0.05, 0) is 22.9 Å². The van der Waals surface area contributed by atoms with Gasteiger partial charge in [-0.25, -0.2) is 14.5 Å². The Morgan fingerprint density at radius 3 is 3.05 bits per heavy atom. The summed E-state index contributed by atoms with van der Waals surface area (Å²) in [5.74, 6) is 1.34. The first-order chi connectivity index (χ1) is 9.63. The van der Waals surface area contributed by atoms with Gasteiger partial charge in [0.25, 0.3) is 0 Å². The maximum absolute atomic E-state index is 11.4. The minimum Gasteiger partial charge on any atom is -0.435 e. The van der Waals surface area contributed by atoms with E-state index in [0.29, 0.717) is 24.0 Å². The minimum atomic E-state index is -0.367. The van der Waals surface area contributed by atoms with Crippen LogP contribution in [-0.2, 0) is 6.54 Å². The number of nitrogens with one attached hydrogen (secondary N) is 2. The minimum absolute atomic E-state index is 0.330. The topological polar surface area (TPSA) is 81.1 Å². The lowest BCUT2D eigenvalue weighted by Gasteiger charge is -2.12. The molecule has 2 amide bonds. The Morgan fingerprint density at radius 2 is 2.35 bits per heavy atom. The number of halogens is 1. The number of anilines is 1. The smallest absolute Gasteiger partial charge is 0.320 e. The van der Waals surface area contributed by atoms with Gasteiger partial charge >= 0.3 is 6.03 Å². The third-order valence-corrected chi connectivity index (χ3v) is 2.90. The second-order valence-corrected chi connectivity index (χ2v) is 4.71. The highest BCUT2D eigenvalue weighted by molar-refractivity contribution is 9.10. The van der Waals surface area contributed by atoms with E-state index in [0.717, 1.165) is 4.47 Å². The number of hydrogen-bond acceptors (Lipinski definition) is 4. The molecule has 2 rings (SSSR count). The number of nitrogens with zero attached hydrogens (tertiary/aromatic N) is 3. The molecular weight excluding hydrogens is 326 g/mol. The van der Waals surface area contributed by atoms with Crippen LogP contribution in [0.4, 0.5) is 10.6 Å². The number of hydrogen-bond donors (Lipinski definition) is 2. The predicted molar refractivity (Wildman–Crippen MR) is 78.0 cm³/mol. The van der Waals surface area contributed by atoms with Gasteiger partial charge < -0.3 is 10.1 Å². The largest absolute Gasteiger partial charge is 0.435 e. The zero-order chi connectivity index (χ0) is 14.5. The Morgan fingerprint density at radius 1 is 1.55 bits per heavy atom. The molecule has 2 N–H and O–H groups in total. The third kappa shape index (κ3) is 3.27. The summed E-state index contributed by atoms with van der Waals surface area (Å²) in [6, 6.07) is 3.10. The van der Waals surface area contributed by atoms with Crippen LogP contribution in [0.2, 0.25) is 0 Å². The van der Waals surface area contributed by atoms with Crippen LogP contribution in [0.25, 0.3) is 0 Å². The molecule has 0 aliphatic rings. The first-order valence-electron chi connectivity index (χ1n) is 5.98. The number of ether oxygens (including phenoxy) is 1. The van der Waals surface area contributed by atoms with Gasteiger partial charge in [0.05, 0.1) is 6.20 Å². The maximum atomic E-state index is 11.4. The molecule has 0 atom stereocenters. The van der Waals surface area contributed by atoms with Gasteiger partial charge in [-0.1, -0.05) is 0 Å². The van der Waals surface area contributed by atoms with Gasteiger partial charge in [-0.15, -0.1) is 0 Å². The summed E-state index contributed by atoms with van der Waals surface area (Å²) in [5, 5.41) is 9.18. The highest BCUT2D eigenvalue weighted by atomic mass is 79.9. The van der Waals surface area contributed by atoms with Crippen molar-refractivity contribution >= 4 is 27.8 Å². The third-order valence-electron chi connectivity index (χ3n) is 2.47. The quantitative estimate of drug-likeness (QED) is 0.896. The number of carbonyl (C=O) groups excluding carboxylic acids is 1. The van der Waals surface area contributed by atoms with Crippen LogP contribution < -0.4 is 15.4 Å². The second kappa shape index (κ2) is 6.38. The number of carbonyl (C=O) groups is 1. The molecule has 2 aromatic heterocycles. The zero-order valence-corrected chi connectivity index (χ0v) is 12.6. The Hall–Kier alpha value is -2.09. The fraction of sp³-hybridized carbons (Fsp3) is 0.250. The van der Waals surface area contributed by atoms with Gasteiger partial charge in [0.1, 0.15) is 0 Å². The Bertz CT molecular complexity index is 614. The molecule has 0 spiro atoms. The number of amides is 2. The van der Waals surface area contributed by atoms with Crippen LogP contribution in [0.15, 0.2) is 29.0 Å². The average molecular weight is 340 g/mol. The van der Waals surface area contributed by atoms with Crippen molar-refractivity contribution in [3.63, 3.8) is 0 Å². The van der Waals surface area contributed by atoms with Crippen LogP contribution in [0.1, 0.15) is 6.92 Å². The number of aryl methyl sites for hydroxylation is 1. The van der Waals surface area contributed by atoms with Crippen molar-refractivity contribution in [3.8, 4) is 11.6 Å². The molecule has 0 saturated carbocycles. The number of aromatic nitrogens is 3. The molecule has 0 fully saturated rings. The van der Waals surface area contributed by atoms with Crippen LogP contribution in [-0.4, -0.2) is 27.8 Å². The fourth-order valence-electron chi connectivity index (χ4n) is 1.52. The molecule has 106 valence electrons. The van der Waals surface area contributed by atoms with Crippen molar-refractivity contribution in [3.05, 3.63) is 29.0 Å². The van der Waals surface area contributed by atoms with Crippen molar-refractivity contribution in [1.82, 2.24) is 20.1 Å². The fourth-order valence-corrected chi connectivity index (χ4v) is 1.83. The first-order valence-corrected chi connectivity index (χ1v) is 6.77. The number of pyridine rings is 1. The molecule has 0 unspecified atom stereocenters. The van der Waals surface area contributed by atoms with Crippen molar-refractivity contribution in [2.45, 2.75) is 13.5 Å². The van der Waals surface area contributed by atoms with Crippen LogP contribution in [0, 0.1) is 0 Å². The molecular formula is C12H14BrN5O2. The van der Waals surface area contributed by atoms with E-state index >= 15 is 0 Å². The van der Waals surface area contributed by atoms with Crippen LogP contribution >= 0.6 is 15.9 Å². The molecule has 0 aromatic carbocycles. The average Bonchev–Trinajstić information content (AvgIpc) is 2.89. The van der Waals surface area contributed by atoms with E-state index in [1.807, 2.05) is 6.92 Å². The molecule has 0 saturated heterocycles. The van der Waals surface area contributed by atoms with Crippen molar-refractivity contribution in [2.24, 2.45) is 0 Å². The molecule has 0 radical (unpaired) electrons. The Kier molecular flexibility index (Phi) is 4.57. The predicted octanol–water partition coefficient (Wildman–Crippen LogP) is 2.60. The summed E-state index contributed by atoms with van der Waals surface area (Å²) in [6.07, 6.45) is 3.23. The van der Waals surface area contributed by atoms with Crippen molar-refractivity contribution in [2.75, 3.05) is 12.4 Å². The van der Waals surface area contributed by atoms with E-state index in [1.54, 1.807) is 29.2 Å². The summed E-state index contributed by atoms with van der Waals surface area (Å²) in [6.45, 7) is 2.64. The standard InChI is InChI=1S/C12H14BrN5O2/c1-3-18-10(4-5-16-18)20-9-6-8(13)7-15-11(9)17-12(19)14-2/h4-7H,3H2,1-2H3,(H2,14,15,17,19). The molecule has 2 heterocycles. The van der Waals surface area contributed by atoms with Gasteiger partial charge in [0, 0.05) is 36.4 Å². The molecule has 7 nitrogen and oxygen atoms in total. The van der Waals surface area contributed by atoms with Gasteiger partial charge in [-0.3, -0.25) is 5.32 Å². The normalized spacial score (nSPS) is 10.2. The Balaban J connectivity index is 2.29. The number of rotatable bonds is 4. The SMILES string of the molecule is CCn1nccc1Oc1cc(Br)cnc1NC(=O)NC. The van der Waals surface area contributed by atoms with Crippen molar-refractivity contribution < 1.29 is 9.53 Å². The van der Waals surface area contributed by atoms with E-state index < -0.39 is 0 Å². The van der Waals surface area contributed by atoms with E-state index in [9.17, 15) is 4.79 Å². The highest BCUT2D eigenvalue weighted by Crippen LogP contribution is 2.30. The van der Waals surface area contributed by atoms with Crippen LogP contribution in [0.3, 0.4) is 0 Å². The number of urea groups is 1. The molecule has 2 aromatic rings. The summed E-state index contributed by atoms with van der Waals surface area (Å²) in [7, 11) is 1.53. The summed E-state index contributed by atoms with van der Waals surface area (Å²) in [5.41, 5.74) is 0. The van der Waals surface area contributed by atoms with E-state index in [1.165, 1.54) is 7.05 Å². The maximum Gasteiger partial charge on any atom is 0.320 e. The molecule has 0 bridgehead atoms. The molecule has 0 aliphatic heterocycles. The lowest BCUT2D eigenvalue weighted by atomic mass is 10.4. The van der Waals surface area contributed by atoms with E-state index in [2.05, 4.69) is 36.6 Å². The van der Waals surface area contributed by atoms with Gasteiger partial charge in [0.2, 0.25) is 5.88 Å². The Labute approximate surface area is 124 Å². The van der Waals surface area contributed by atoms with E-state index in [4.69, 9.17) is 4.74 Å². The molecule has 0 aliphatic carbocycles. The first kappa shape index (κ1) is 14.3. The molecule has 20 heavy (non-hydrogen) atoms. The van der Waals surface area contributed by atoms with Gasteiger partial charge in [0.15, 0.2) is 11.6 Å². The summed E-state index contributed by atoms with van der Waals surface area (Å²) >= 11 is 3.33. The van der Waals surface area contributed by atoms with Crippen molar-refractivity contribution in [1.29, 1.82) is 0 Å². The summed E-state index contributed by atoms with van der Waals surface area (Å²) < 4.78 is 8.21. The molecule has 8 heteroatoms. The van der Waals surface area contributed by atoms with Gasteiger partial charge in [-0.2, -0.15) is 5.10 Å². The van der Waals surface area contributed by atoms with Crippen LogP contribution in [0.5, 0.6) is 11.6 Å². The zero-order valence-electron chi connectivity index (χ0n) is 11.1.